The van der Waals surface area contributed by atoms with Crippen molar-refractivity contribution in [1.29, 1.82) is 0 Å². The summed E-state index contributed by atoms with van der Waals surface area (Å²) in [6, 6.07) is 0. The van der Waals surface area contributed by atoms with Gasteiger partial charge in [-0.25, -0.2) is 4.79 Å². The van der Waals surface area contributed by atoms with Gasteiger partial charge in [-0.1, -0.05) is 26.0 Å². The molecule has 2 fully saturated rings. The lowest BCUT2D eigenvalue weighted by atomic mass is 9.46. The van der Waals surface area contributed by atoms with Gasteiger partial charge in [-0.05, 0) is 67.3 Å². The fourth-order valence-electron chi connectivity index (χ4n) is 5.84. The first-order valence-corrected chi connectivity index (χ1v) is 9.13. The molecule has 0 aromatic heterocycles. The van der Waals surface area contributed by atoms with E-state index in [0.717, 1.165) is 31.3 Å². The Hall–Kier alpha value is -1.13. The average Bonchev–Trinajstić information content (AvgIpc) is 2.91. The molecule has 0 saturated heterocycles. The summed E-state index contributed by atoms with van der Waals surface area (Å²) in [4.78, 5) is 11.7. The van der Waals surface area contributed by atoms with Gasteiger partial charge >= 0.3 is 5.97 Å². The molecule has 4 heteroatoms. The molecule has 3 rings (SSSR count). The van der Waals surface area contributed by atoms with Crippen LogP contribution in [0.5, 0.6) is 0 Å². The molecule has 2 aliphatic carbocycles. The number of hydrogen-bond acceptors (Lipinski definition) is 4. The molecule has 3 aliphatic rings. The smallest absolute Gasteiger partial charge is 0.334 e. The van der Waals surface area contributed by atoms with E-state index in [0.29, 0.717) is 25.4 Å². The maximum atomic E-state index is 11.7. The number of carbonyl (C=O) groups excluding carboxylic acids is 1. The zero-order valence-corrected chi connectivity index (χ0v) is 14.9. The molecule has 5 atom stereocenters. The molecule has 0 amide bonds. The summed E-state index contributed by atoms with van der Waals surface area (Å²) in [5.74, 6) is 0.451. The Morgan fingerprint density at radius 2 is 2.12 bits per heavy atom. The predicted molar refractivity (Wildman–Crippen MR) is 92.2 cm³/mol. The van der Waals surface area contributed by atoms with Crippen LogP contribution in [0.15, 0.2) is 23.8 Å². The van der Waals surface area contributed by atoms with Crippen molar-refractivity contribution in [3.63, 3.8) is 0 Å². The minimum Gasteiger partial charge on any atom is -0.458 e. The van der Waals surface area contributed by atoms with Gasteiger partial charge in [0.25, 0.3) is 0 Å². The van der Waals surface area contributed by atoms with E-state index in [2.05, 4.69) is 20.4 Å². The predicted octanol–water partition coefficient (Wildman–Crippen LogP) is 2.99. The molecule has 0 aromatic rings. The number of rotatable bonds is 4. The van der Waals surface area contributed by atoms with Gasteiger partial charge in [-0.3, -0.25) is 0 Å². The van der Waals surface area contributed by atoms with Crippen LogP contribution in [0.4, 0.5) is 0 Å². The third kappa shape index (κ3) is 2.84. The van der Waals surface area contributed by atoms with Crippen LogP contribution in [0.3, 0.4) is 0 Å². The first-order chi connectivity index (χ1) is 11.3. The molecular weight excluding hydrogens is 304 g/mol. The van der Waals surface area contributed by atoms with Gasteiger partial charge in [0.2, 0.25) is 0 Å². The highest BCUT2D eigenvalue weighted by Gasteiger charge is 2.56. The molecule has 2 saturated carbocycles. The first kappa shape index (κ1) is 17.7. The number of hydrogen-bond donors (Lipinski definition) is 2. The van der Waals surface area contributed by atoms with Gasteiger partial charge in [0.15, 0.2) is 0 Å². The summed E-state index contributed by atoms with van der Waals surface area (Å²) in [5.41, 5.74) is 1.69. The molecule has 5 unspecified atom stereocenters. The van der Waals surface area contributed by atoms with E-state index in [1.54, 1.807) is 0 Å². The molecular formula is C20H30O4. The number of fused-ring (bicyclic) bond motifs is 1. The second kappa shape index (κ2) is 6.30. The van der Waals surface area contributed by atoms with E-state index in [9.17, 15) is 15.0 Å². The Morgan fingerprint density at radius 3 is 2.75 bits per heavy atom. The van der Waals surface area contributed by atoms with Crippen LogP contribution in [0.2, 0.25) is 0 Å². The van der Waals surface area contributed by atoms with Crippen molar-refractivity contribution in [2.75, 3.05) is 13.2 Å². The third-order valence-electron chi connectivity index (χ3n) is 6.93. The van der Waals surface area contributed by atoms with E-state index in [1.807, 2.05) is 6.08 Å². The zero-order chi connectivity index (χ0) is 17.5. The number of aliphatic hydroxyl groups is 2. The molecule has 4 nitrogen and oxygen atoms in total. The molecule has 1 heterocycles. The van der Waals surface area contributed by atoms with Crippen molar-refractivity contribution in [2.24, 2.45) is 22.7 Å². The summed E-state index contributed by atoms with van der Waals surface area (Å²) in [6.07, 6.45) is 6.48. The Balaban J connectivity index is 1.84. The highest BCUT2D eigenvalue weighted by atomic mass is 16.5. The molecule has 0 radical (unpaired) electrons. The van der Waals surface area contributed by atoms with Crippen LogP contribution in [0.1, 0.15) is 52.4 Å². The number of esters is 1. The van der Waals surface area contributed by atoms with Gasteiger partial charge in [-0.15, -0.1) is 0 Å². The Bertz CT molecular complexity index is 566. The van der Waals surface area contributed by atoms with Crippen molar-refractivity contribution in [2.45, 2.75) is 58.5 Å². The molecule has 134 valence electrons. The van der Waals surface area contributed by atoms with Gasteiger partial charge < -0.3 is 14.9 Å². The SMILES string of the molecule is C=C1CCC2C(C)(CO)CC(O)CC2(C)C1CCC1=CCOC1=O. The monoisotopic (exact) mass is 334 g/mol. The van der Waals surface area contributed by atoms with E-state index in [4.69, 9.17) is 4.74 Å². The third-order valence-corrected chi connectivity index (χ3v) is 6.93. The summed E-state index contributed by atoms with van der Waals surface area (Å²) < 4.78 is 5.00. The molecule has 0 bridgehead atoms. The van der Waals surface area contributed by atoms with E-state index < -0.39 is 0 Å². The van der Waals surface area contributed by atoms with Crippen LogP contribution in [0.25, 0.3) is 0 Å². The number of carbonyl (C=O) groups is 1. The fourth-order valence-corrected chi connectivity index (χ4v) is 5.84. The minimum absolute atomic E-state index is 0.0758. The van der Waals surface area contributed by atoms with Crippen LogP contribution >= 0.6 is 0 Å². The maximum absolute atomic E-state index is 11.7. The largest absolute Gasteiger partial charge is 0.458 e. The Morgan fingerprint density at radius 1 is 1.38 bits per heavy atom. The van der Waals surface area contributed by atoms with Crippen LogP contribution in [-0.4, -0.2) is 35.5 Å². The van der Waals surface area contributed by atoms with Crippen LogP contribution in [0, 0.1) is 22.7 Å². The highest BCUT2D eigenvalue weighted by molar-refractivity contribution is 5.90. The van der Waals surface area contributed by atoms with Crippen LogP contribution in [-0.2, 0) is 9.53 Å². The van der Waals surface area contributed by atoms with Crippen molar-refractivity contribution >= 4 is 5.97 Å². The van der Waals surface area contributed by atoms with Crippen molar-refractivity contribution in [1.82, 2.24) is 0 Å². The normalized spacial score (nSPS) is 42.5. The quantitative estimate of drug-likeness (QED) is 0.613. The van der Waals surface area contributed by atoms with Gasteiger partial charge in [0.1, 0.15) is 6.61 Å². The zero-order valence-electron chi connectivity index (χ0n) is 14.9. The summed E-state index contributed by atoms with van der Waals surface area (Å²) >= 11 is 0. The minimum atomic E-state index is -0.382. The van der Waals surface area contributed by atoms with Crippen molar-refractivity contribution in [3.05, 3.63) is 23.8 Å². The second-order valence-corrected chi connectivity index (χ2v) is 8.55. The summed E-state index contributed by atoms with van der Waals surface area (Å²) in [6.45, 7) is 9.18. The number of ether oxygens (including phenoxy) is 1. The second-order valence-electron chi connectivity index (χ2n) is 8.55. The summed E-state index contributed by atoms with van der Waals surface area (Å²) in [7, 11) is 0. The first-order valence-electron chi connectivity index (χ1n) is 9.13. The highest BCUT2D eigenvalue weighted by Crippen LogP contribution is 2.61. The average molecular weight is 334 g/mol. The standard InChI is InChI=1S/C20H30O4/c1-13-4-7-17-19(2,12-21)10-15(22)11-20(17,3)16(13)6-5-14-8-9-24-18(14)23/h8,15-17,21-22H,1,4-7,9-12H2,2-3H3. The van der Waals surface area contributed by atoms with E-state index in [-0.39, 0.29) is 35.4 Å². The van der Waals surface area contributed by atoms with Crippen molar-refractivity contribution in [3.8, 4) is 0 Å². The van der Waals surface area contributed by atoms with Gasteiger partial charge in [0, 0.05) is 12.2 Å². The Labute approximate surface area is 144 Å². The number of allylic oxidation sites excluding steroid dienone is 1. The lowest BCUT2D eigenvalue weighted by molar-refractivity contribution is -0.136. The molecule has 2 N–H and O–H groups in total. The fraction of sp³-hybridized carbons (Fsp3) is 0.750. The number of aliphatic hydroxyl groups excluding tert-OH is 2. The van der Waals surface area contributed by atoms with Crippen LogP contribution < -0.4 is 0 Å². The molecule has 0 aromatic carbocycles. The lowest BCUT2D eigenvalue weighted by Crippen LogP contribution is -2.55. The van der Waals surface area contributed by atoms with Gasteiger partial charge in [0.05, 0.1) is 6.10 Å². The van der Waals surface area contributed by atoms with Crippen molar-refractivity contribution < 1.29 is 19.7 Å². The summed E-state index contributed by atoms with van der Waals surface area (Å²) in [5, 5.41) is 20.5. The van der Waals surface area contributed by atoms with Gasteiger partial charge in [-0.2, -0.15) is 0 Å². The molecule has 24 heavy (non-hydrogen) atoms. The number of cyclic esters (lactones) is 1. The van der Waals surface area contributed by atoms with E-state index in [1.165, 1.54) is 5.57 Å². The maximum Gasteiger partial charge on any atom is 0.334 e. The molecule has 1 aliphatic heterocycles. The lowest BCUT2D eigenvalue weighted by Gasteiger charge is -2.59. The van der Waals surface area contributed by atoms with E-state index >= 15 is 0 Å². The Kier molecular flexibility index (Phi) is 4.65. The molecule has 0 spiro atoms. The topological polar surface area (TPSA) is 66.8 Å².